The summed E-state index contributed by atoms with van der Waals surface area (Å²) in [6.07, 6.45) is 2.39. The number of benzene rings is 1. The van der Waals surface area contributed by atoms with E-state index in [1.54, 1.807) is 0 Å². The average Bonchev–Trinajstić information content (AvgIpc) is 2.19. The van der Waals surface area contributed by atoms with Crippen molar-refractivity contribution in [3.8, 4) is 0 Å². The molecule has 0 saturated carbocycles. The Morgan fingerprint density at radius 3 is 2.50 bits per heavy atom. The number of Topliss-reactive ketones (excluding diaryl/α,β-unsaturated/α-hetero) is 1. The number of hydrogen-bond donors (Lipinski definition) is 0. The summed E-state index contributed by atoms with van der Waals surface area (Å²) in [6, 6.07) is 10.3. The van der Waals surface area contributed by atoms with Gasteiger partial charge in [-0.3, -0.25) is 4.79 Å². The Labute approximate surface area is 86.1 Å². The van der Waals surface area contributed by atoms with Gasteiger partial charge in [0.05, 0.1) is 0 Å². The van der Waals surface area contributed by atoms with E-state index >= 15 is 0 Å². The molecule has 0 radical (unpaired) electrons. The van der Waals surface area contributed by atoms with E-state index in [9.17, 15) is 4.79 Å². The van der Waals surface area contributed by atoms with Crippen molar-refractivity contribution in [1.29, 1.82) is 0 Å². The molecule has 1 nitrogen and oxygen atoms in total. The molecule has 0 aliphatic carbocycles. The van der Waals surface area contributed by atoms with Gasteiger partial charge in [0.25, 0.3) is 0 Å². The Morgan fingerprint density at radius 1 is 1.29 bits per heavy atom. The molecule has 14 heavy (non-hydrogen) atoms. The quantitative estimate of drug-likeness (QED) is 0.696. The van der Waals surface area contributed by atoms with Crippen LogP contribution < -0.4 is 0 Å². The molecular formula is C13H18O. The summed E-state index contributed by atoms with van der Waals surface area (Å²) < 4.78 is 0. The van der Waals surface area contributed by atoms with E-state index in [2.05, 4.69) is 19.1 Å². The Bertz CT molecular complexity index is 277. The van der Waals surface area contributed by atoms with Crippen molar-refractivity contribution in [2.45, 2.75) is 33.1 Å². The van der Waals surface area contributed by atoms with Crippen LogP contribution in [0.3, 0.4) is 0 Å². The van der Waals surface area contributed by atoms with Crippen LogP contribution in [-0.2, 0) is 11.2 Å². The lowest BCUT2D eigenvalue weighted by atomic mass is 9.95. The van der Waals surface area contributed by atoms with Crippen molar-refractivity contribution in [2.24, 2.45) is 5.92 Å². The second-order valence-electron chi connectivity index (χ2n) is 3.89. The molecule has 1 heteroatoms. The van der Waals surface area contributed by atoms with Crippen LogP contribution in [0.4, 0.5) is 0 Å². The number of ketones is 1. The lowest BCUT2D eigenvalue weighted by Crippen LogP contribution is -2.06. The van der Waals surface area contributed by atoms with Gasteiger partial charge >= 0.3 is 0 Å². The monoisotopic (exact) mass is 190 g/mol. The molecule has 0 bridgehead atoms. The smallest absolute Gasteiger partial charge is 0.132 e. The second kappa shape index (κ2) is 5.58. The van der Waals surface area contributed by atoms with Crippen molar-refractivity contribution in [1.82, 2.24) is 0 Å². The van der Waals surface area contributed by atoms with E-state index in [0.717, 1.165) is 6.42 Å². The third kappa shape index (κ3) is 3.73. The number of hydrogen-bond acceptors (Lipinski definition) is 1. The van der Waals surface area contributed by atoms with E-state index in [-0.39, 0.29) is 0 Å². The molecule has 0 heterocycles. The van der Waals surface area contributed by atoms with Crippen LogP contribution in [0, 0.1) is 5.92 Å². The highest BCUT2D eigenvalue weighted by molar-refractivity contribution is 5.78. The maximum Gasteiger partial charge on any atom is 0.132 e. The van der Waals surface area contributed by atoms with Gasteiger partial charge in [0.2, 0.25) is 0 Å². The largest absolute Gasteiger partial charge is 0.300 e. The molecule has 0 fully saturated rings. The van der Waals surface area contributed by atoms with Gasteiger partial charge in [-0.2, -0.15) is 0 Å². The average molecular weight is 190 g/mol. The fourth-order valence-corrected chi connectivity index (χ4v) is 1.62. The van der Waals surface area contributed by atoms with Crippen LogP contribution in [0.1, 0.15) is 32.3 Å². The summed E-state index contributed by atoms with van der Waals surface area (Å²) in [5.41, 5.74) is 1.32. The van der Waals surface area contributed by atoms with Crippen molar-refractivity contribution < 1.29 is 4.79 Å². The summed E-state index contributed by atoms with van der Waals surface area (Å²) in [7, 11) is 0. The summed E-state index contributed by atoms with van der Waals surface area (Å²) in [5.74, 6) is 0.832. The maximum atomic E-state index is 11.2. The van der Waals surface area contributed by atoms with Crippen LogP contribution >= 0.6 is 0 Å². The van der Waals surface area contributed by atoms with Gasteiger partial charge in [-0.05, 0) is 17.9 Å². The molecule has 0 aliphatic heterocycles. The summed E-state index contributed by atoms with van der Waals surface area (Å²) in [6.45, 7) is 4.07. The zero-order valence-corrected chi connectivity index (χ0v) is 8.99. The molecule has 0 saturated heterocycles. The maximum absolute atomic E-state index is 11.2. The van der Waals surface area contributed by atoms with Gasteiger partial charge in [-0.1, -0.05) is 44.2 Å². The van der Waals surface area contributed by atoms with Gasteiger partial charge in [0.15, 0.2) is 0 Å². The zero-order valence-electron chi connectivity index (χ0n) is 8.99. The van der Waals surface area contributed by atoms with Crippen LogP contribution in [0.25, 0.3) is 0 Å². The Hall–Kier alpha value is -1.11. The zero-order chi connectivity index (χ0) is 10.4. The van der Waals surface area contributed by atoms with Crippen molar-refractivity contribution >= 4 is 5.78 Å². The Balaban J connectivity index is 2.41. The van der Waals surface area contributed by atoms with E-state index < -0.39 is 0 Å². The van der Waals surface area contributed by atoms with Crippen molar-refractivity contribution in [3.05, 3.63) is 35.9 Å². The molecular weight excluding hydrogens is 172 g/mol. The van der Waals surface area contributed by atoms with Crippen molar-refractivity contribution in [2.75, 3.05) is 0 Å². The fourth-order valence-electron chi connectivity index (χ4n) is 1.62. The SMILES string of the molecule is CCC(=O)CC(C)Cc1ccccc1. The standard InChI is InChI=1S/C13H18O/c1-3-13(14)10-11(2)9-12-7-5-4-6-8-12/h4-8,11H,3,9-10H2,1-2H3. The third-order valence-corrected chi connectivity index (χ3v) is 2.40. The number of rotatable bonds is 5. The van der Waals surface area contributed by atoms with Crippen LogP contribution in [0.2, 0.25) is 0 Å². The molecule has 1 atom stereocenters. The van der Waals surface area contributed by atoms with Crippen molar-refractivity contribution in [3.63, 3.8) is 0 Å². The molecule has 1 unspecified atom stereocenters. The third-order valence-electron chi connectivity index (χ3n) is 2.40. The predicted octanol–water partition coefficient (Wildman–Crippen LogP) is 3.23. The van der Waals surface area contributed by atoms with E-state index in [4.69, 9.17) is 0 Å². The minimum absolute atomic E-state index is 0.369. The van der Waals surface area contributed by atoms with Gasteiger partial charge in [-0.15, -0.1) is 0 Å². The molecule has 0 aliphatic rings. The Kier molecular flexibility index (Phi) is 4.37. The molecule has 1 rings (SSSR count). The summed E-state index contributed by atoms with van der Waals surface area (Å²) in [4.78, 5) is 11.2. The highest BCUT2D eigenvalue weighted by Crippen LogP contribution is 2.12. The highest BCUT2D eigenvalue weighted by Gasteiger charge is 2.07. The van der Waals surface area contributed by atoms with E-state index in [0.29, 0.717) is 24.5 Å². The molecule has 1 aromatic carbocycles. The number of carbonyl (C=O) groups is 1. The first-order chi connectivity index (χ1) is 6.72. The van der Waals surface area contributed by atoms with Gasteiger partial charge < -0.3 is 0 Å². The molecule has 0 N–H and O–H groups in total. The minimum Gasteiger partial charge on any atom is -0.300 e. The summed E-state index contributed by atoms with van der Waals surface area (Å²) in [5, 5.41) is 0. The van der Waals surface area contributed by atoms with E-state index in [1.807, 2.05) is 25.1 Å². The molecule has 0 aromatic heterocycles. The molecule has 0 amide bonds. The lowest BCUT2D eigenvalue weighted by Gasteiger charge is -2.09. The first-order valence-electron chi connectivity index (χ1n) is 5.28. The van der Waals surface area contributed by atoms with Gasteiger partial charge in [0.1, 0.15) is 5.78 Å². The van der Waals surface area contributed by atoms with Crippen LogP contribution in [-0.4, -0.2) is 5.78 Å². The number of carbonyl (C=O) groups excluding carboxylic acids is 1. The van der Waals surface area contributed by atoms with Crippen LogP contribution in [0.5, 0.6) is 0 Å². The minimum atomic E-state index is 0.369. The van der Waals surface area contributed by atoms with Gasteiger partial charge in [0, 0.05) is 12.8 Å². The van der Waals surface area contributed by atoms with Gasteiger partial charge in [-0.25, -0.2) is 0 Å². The lowest BCUT2D eigenvalue weighted by molar-refractivity contribution is -0.119. The molecule has 0 spiro atoms. The van der Waals surface area contributed by atoms with Crippen LogP contribution in [0.15, 0.2) is 30.3 Å². The molecule has 76 valence electrons. The first-order valence-corrected chi connectivity index (χ1v) is 5.28. The fraction of sp³-hybridized carbons (Fsp3) is 0.462. The predicted molar refractivity (Wildman–Crippen MR) is 59.2 cm³/mol. The highest BCUT2D eigenvalue weighted by atomic mass is 16.1. The normalized spacial score (nSPS) is 12.4. The first kappa shape index (κ1) is 11.0. The van der Waals surface area contributed by atoms with E-state index in [1.165, 1.54) is 5.56 Å². The topological polar surface area (TPSA) is 17.1 Å². The second-order valence-corrected chi connectivity index (χ2v) is 3.89. The summed E-state index contributed by atoms with van der Waals surface area (Å²) >= 11 is 0. The Morgan fingerprint density at radius 2 is 1.93 bits per heavy atom. The molecule has 1 aromatic rings.